The van der Waals surface area contributed by atoms with Crippen LogP contribution in [0.5, 0.6) is 5.75 Å². The van der Waals surface area contributed by atoms with Crippen molar-refractivity contribution in [2.24, 2.45) is 0 Å². The molecular weight excluding hydrogens is 318 g/mol. The largest absolute Gasteiger partial charge is 0.496 e. The molecule has 0 radical (unpaired) electrons. The summed E-state index contributed by atoms with van der Waals surface area (Å²) in [5.41, 5.74) is 1.04. The van der Waals surface area contributed by atoms with Crippen molar-refractivity contribution in [1.82, 2.24) is 10.2 Å². The fourth-order valence-electron chi connectivity index (χ4n) is 1.95. The Balaban J connectivity index is 1.70. The predicted octanol–water partition coefficient (Wildman–Crippen LogP) is 3.45. The van der Waals surface area contributed by atoms with Gasteiger partial charge in [-0.1, -0.05) is 35.6 Å². The number of benzene rings is 1. The maximum atomic E-state index is 12.0. The second-order valence-corrected chi connectivity index (χ2v) is 6.43. The van der Waals surface area contributed by atoms with Gasteiger partial charge in [-0.3, -0.25) is 10.1 Å². The number of rotatable bonds is 5. The lowest BCUT2D eigenvalue weighted by molar-refractivity contribution is 0.103. The molecule has 0 fully saturated rings. The molecule has 1 N–H and O–H groups in total. The number of aromatic nitrogens is 2. The quantitative estimate of drug-likeness (QED) is 0.778. The summed E-state index contributed by atoms with van der Waals surface area (Å²) in [4.78, 5) is 12.6. The molecule has 0 atom stereocenters. The molecule has 0 aliphatic heterocycles. The van der Waals surface area contributed by atoms with Crippen molar-refractivity contribution < 1.29 is 9.53 Å². The van der Waals surface area contributed by atoms with E-state index in [0.717, 1.165) is 16.3 Å². The lowest BCUT2D eigenvalue weighted by atomic mass is 10.1. The van der Waals surface area contributed by atoms with Crippen LogP contribution in [0.4, 0.5) is 5.13 Å². The van der Waals surface area contributed by atoms with Gasteiger partial charge in [-0.15, -0.1) is 21.5 Å². The maximum Gasteiger partial charge on any atom is 0.267 e. The molecule has 3 rings (SSSR count). The highest BCUT2D eigenvalue weighted by Gasteiger charge is 2.12. The van der Waals surface area contributed by atoms with E-state index in [1.165, 1.54) is 22.7 Å². The molecule has 0 unspecified atom stereocenters. The molecule has 0 saturated heterocycles. The molecule has 2 aromatic heterocycles. The zero-order chi connectivity index (χ0) is 15.4. The van der Waals surface area contributed by atoms with Gasteiger partial charge in [-0.25, -0.2) is 0 Å². The number of hydrogen-bond donors (Lipinski definition) is 1. The van der Waals surface area contributed by atoms with Crippen LogP contribution in [-0.4, -0.2) is 23.2 Å². The summed E-state index contributed by atoms with van der Waals surface area (Å²) in [6, 6.07) is 11.4. The summed E-state index contributed by atoms with van der Waals surface area (Å²) in [6.07, 6.45) is 0.622. The van der Waals surface area contributed by atoms with Crippen molar-refractivity contribution in [2.45, 2.75) is 6.42 Å². The van der Waals surface area contributed by atoms with Crippen molar-refractivity contribution in [3.8, 4) is 5.75 Å². The minimum atomic E-state index is -0.157. The number of nitrogens with one attached hydrogen (secondary N) is 1. The Kier molecular flexibility index (Phi) is 4.45. The molecule has 0 aliphatic rings. The van der Waals surface area contributed by atoms with Crippen LogP contribution < -0.4 is 10.1 Å². The number of carbonyl (C=O) groups is 1. The first-order chi connectivity index (χ1) is 10.8. The lowest BCUT2D eigenvalue weighted by Crippen LogP contribution is -2.09. The van der Waals surface area contributed by atoms with Crippen LogP contribution in [0.2, 0.25) is 0 Å². The van der Waals surface area contributed by atoms with Gasteiger partial charge in [0.05, 0.1) is 12.0 Å². The fourth-order valence-corrected chi connectivity index (χ4v) is 3.33. The van der Waals surface area contributed by atoms with Crippen molar-refractivity contribution in [2.75, 3.05) is 12.4 Å². The second-order valence-electron chi connectivity index (χ2n) is 4.42. The Morgan fingerprint density at radius 3 is 2.86 bits per heavy atom. The van der Waals surface area contributed by atoms with Crippen LogP contribution in [0.25, 0.3) is 0 Å². The van der Waals surface area contributed by atoms with E-state index < -0.39 is 0 Å². The summed E-state index contributed by atoms with van der Waals surface area (Å²) >= 11 is 2.76. The highest BCUT2D eigenvalue weighted by Crippen LogP contribution is 2.24. The van der Waals surface area contributed by atoms with Crippen molar-refractivity contribution in [1.29, 1.82) is 0 Å². The molecule has 0 spiro atoms. The minimum absolute atomic E-state index is 0.157. The van der Waals surface area contributed by atoms with E-state index in [1.54, 1.807) is 13.2 Å². The van der Waals surface area contributed by atoms with Crippen molar-refractivity contribution in [3.63, 3.8) is 0 Å². The van der Waals surface area contributed by atoms with E-state index in [0.29, 0.717) is 16.4 Å². The maximum absolute atomic E-state index is 12.0. The number of methoxy groups -OCH3 is 1. The summed E-state index contributed by atoms with van der Waals surface area (Å²) in [7, 11) is 1.64. The summed E-state index contributed by atoms with van der Waals surface area (Å²) < 4.78 is 5.33. The van der Waals surface area contributed by atoms with E-state index in [-0.39, 0.29) is 5.91 Å². The molecular formula is C15H13N3O2S2. The molecule has 1 amide bonds. The van der Waals surface area contributed by atoms with Gasteiger partial charge in [0.25, 0.3) is 5.91 Å². The Labute approximate surface area is 135 Å². The zero-order valence-electron chi connectivity index (χ0n) is 11.8. The normalized spacial score (nSPS) is 10.4. The van der Waals surface area contributed by atoms with E-state index in [9.17, 15) is 4.79 Å². The molecule has 3 aromatic rings. The zero-order valence-corrected chi connectivity index (χ0v) is 13.4. The van der Waals surface area contributed by atoms with Crippen LogP contribution in [-0.2, 0) is 6.42 Å². The summed E-state index contributed by atoms with van der Waals surface area (Å²) in [5, 5.41) is 14.1. The van der Waals surface area contributed by atoms with Gasteiger partial charge in [0.2, 0.25) is 5.13 Å². The van der Waals surface area contributed by atoms with Gasteiger partial charge in [0.15, 0.2) is 0 Å². The molecule has 5 nitrogen and oxygen atoms in total. The van der Waals surface area contributed by atoms with E-state index in [2.05, 4.69) is 15.5 Å². The highest BCUT2D eigenvalue weighted by molar-refractivity contribution is 7.15. The Morgan fingerprint density at radius 1 is 1.23 bits per heavy atom. The fraction of sp³-hybridized carbons (Fsp3) is 0.133. The Hall–Kier alpha value is -2.25. The SMILES string of the molecule is COc1ccccc1Cc1nnc(NC(=O)c2cccs2)s1. The lowest BCUT2D eigenvalue weighted by Gasteiger charge is -2.05. The summed E-state index contributed by atoms with van der Waals surface area (Å²) in [6.45, 7) is 0. The van der Waals surface area contributed by atoms with Crippen molar-refractivity contribution in [3.05, 3.63) is 57.2 Å². The van der Waals surface area contributed by atoms with Crippen LogP contribution in [0, 0.1) is 0 Å². The first-order valence-electron chi connectivity index (χ1n) is 6.55. The molecule has 7 heteroatoms. The summed E-state index contributed by atoms with van der Waals surface area (Å²) in [5.74, 6) is 0.664. The average Bonchev–Trinajstić information content (AvgIpc) is 3.20. The van der Waals surface area contributed by atoms with Crippen LogP contribution in [0.15, 0.2) is 41.8 Å². The van der Waals surface area contributed by atoms with Crippen molar-refractivity contribution >= 4 is 33.7 Å². The van der Waals surface area contributed by atoms with Crippen LogP contribution >= 0.6 is 22.7 Å². The molecule has 2 heterocycles. The first-order valence-corrected chi connectivity index (χ1v) is 8.25. The third kappa shape index (κ3) is 3.32. The number of amides is 1. The number of nitrogens with zero attached hydrogens (tertiary/aromatic N) is 2. The molecule has 0 aliphatic carbocycles. The van der Waals surface area contributed by atoms with Gasteiger partial charge in [-0.2, -0.15) is 0 Å². The predicted molar refractivity (Wildman–Crippen MR) is 88.0 cm³/mol. The number of anilines is 1. The van der Waals surface area contributed by atoms with Gasteiger partial charge < -0.3 is 4.74 Å². The molecule has 0 bridgehead atoms. The second kappa shape index (κ2) is 6.67. The smallest absolute Gasteiger partial charge is 0.267 e. The monoisotopic (exact) mass is 331 g/mol. The van der Waals surface area contributed by atoms with E-state index >= 15 is 0 Å². The van der Waals surface area contributed by atoms with Gasteiger partial charge in [0.1, 0.15) is 10.8 Å². The first kappa shape index (κ1) is 14.7. The van der Waals surface area contributed by atoms with E-state index in [1.807, 2.05) is 35.7 Å². The van der Waals surface area contributed by atoms with Crippen LogP contribution in [0.1, 0.15) is 20.2 Å². The van der Waals surface area contributed by atoms with Gasteiger partial charge in [-0.05, 0) is 17.5 Å². The molecule has 0 saturated carbocycles. The van der Waals surface area contributed by atoms with Gasteiger partial charge >= 0.3 is 0 Å². The Bertz CT molecular complexity index is 769. The van der Waals surface area contributed by atoms with Crippen LogP contribution in [0.3, 0.4) is 0 Å². The van der Waals surface area contributed by atoms with E-state index in [4.69, 9.17) is 4.74 Å². The number of ether oxygens (including phenoxy) is 1. The average molecular weight is 331 g/mol. The third-order valence-electron chi connectivity index (χ3n) is 2.97. The number of thiophene rings is 1. The minimum Gasteiger partial charge on any atom is -0.496 e. The number of para-hydroxylation sites is 1. The highest BCUT2D eigenvalue weighted by atomic mass is 32.1. The standard InChI is InChI=1S/C15H13N3O2S2/c1-20-11-6-3-2-5-10(11)9-13-17-18-15(22-13)16-14(19)12-7-4-8-21-12/h2-8H,9H2,1H3,(H,16,18,19). The molecule has 22 heavy (non-hydrogen) atoms. The molecule has 1 aromatic carbocycles. The number of carbonyl (C=O) groups excluding carboxylic acids is 1. The number of hydrogen-bond acceptors (Lipinski definition) is 6. The molecule has 112 valence electrons. The van der Waals surface area contributed by atoms with Gasteiger partial charge in [0, 0.05) is 12.0 Å². The topological polar surface area (TPSA) is 64.1 Å². The Morgan fingerprint density at radius 2 is 2.09 bits per heavy atom. The third-order valence-corrected chi connectivity index (χ3v) is 4.67.